The summed E-state index contributed by atoms with van der Waals surface area (Å²) in [5.74, 6) is -1.71. The fourth-order valence-corrected chi connectivity index (χ4v) is 4.72. The van der Waals surface area contributed by atoms with E-state index in [-0.39, 0.29) is 28.4 Å². The number of hydrogen-bond donors (Lipinski definition) is 2. The topological polar surface area (TPSA) is 81.1 Å². The number of allylic oxidation sites excluding steroid dienone is 5. The van der Waals surface area contributed by atoms with Crippen LogP contribution in [0.25, 0.3) is 0 Å². The van der Waals surface area contributed by atoms with E-state index in [4.69, 9.17) is 0 Å². The molecule has 6 nitrogen and oxygen atoms in total. The van der Waals surface area contributed by atoms with E-state index < -0.39 is 11.6 Å². The van der Waals surface area contributed by atoms with Crippen molar-refractivity contribution in [3.63, 3.8) is 0 Å². The summed E-state index contributed by atoms with van der Waals surface area (Å²) in [7, 11) is 0. The largest absolute Gasteiger partial charge is 0.507 e. The highest BCUT2D eigenvalue weighted by Gasteiger charge is 2.43. The van der Waals surface area contributed by atoms with Gasteiger partial charge in [-0.25, -0.2) is 0 Å². The molecule has 0 heterocycles. The van der Waals surface area contributed by atoms with Crippen molar-refractivity contribution >= 4 is 28.6 Å². The van der Waals surface area contributed by atoms with Crippen LogP contribution < -0.4 is 9.80 Å². The van der Waals surface area contributed by atoms with Crippen molar-refractivity contribution in [3.05, 3.63) is 137 Å². The minimum absolute atomic E-state index is 0.0501. The zero-order chi connectivity index (χ0) is 26.6. The van der Waals surface area contributed by atoms with E-state index in [0.29, 0.717) is 23.6 Å². The van der Waals surface area contributed by atoms with Crippen LogP contribution >= 0.6 is 0 Å². The predicted molar refractivity (Wildman–Crippen MR) is 149 cm³/mol. The van der Waals surface area contributed by atoms with E-state index in [0.717, 1.165) is 18.5 Å². The van der Waals surface area contributed by atoms with Crippen LogP contribution in [0, 0.1) is 0 Å². The molecule has 190 valence electrons. The van der Waals surface area contributed by atoms with Crippen molar-refractivity contribution in [1.29, 1.82) is 0 Å². The van der Waals surface area contributed by atoms with Gasteiger partial charge in [-0.15, -0.1) is 0 Å². The van der Waals surface area contributed by atoms with Gasteiger partial charge >= 0.3 is 0 Å². The third-order valence-electron chi connectivity index (χ3n) is 6.59. The summed E-state index contributed by atoms with van der Waals surface area (Å²) in [6.45, 7) is 2.75. The molecule has 5 rings (SSSR count). The highest BCUT2D eigenvalue weighted by Crippen LogP contribution is 2.42. The number of benzene rings is 3. The van der Waals surface area contributed by atoms with Crippen molar-refractivity contribution in [3.8, 4) is 0 Å². The number of aliphatic hydroxyl groups is 2. The van der Waals surface area contributed by atoms with Crippen LogP contribution in [0.2, 0.25) is 0 Å². The number of rotatable bonds is 8. The number of para-hydroxylation sites is 3. The summed E-state index contributed by atoms with van der Waals surface area (Å²) in [5.41, 5.74) is 2.48. The highest BCUT2D eigenvalue weighted by molar-refractivity contribution is 6.27. The molecule has 0 saturated heterocycles. The number of hydrogen-bond acceptors (Lipinski definition) is 6. The van der Waals surface area contributed by atoms with E-state index in [1.807, 2.05) is 95.9 Å². The summed E-state index contributed by atoms with van der Waals surface area (Å²) in [6.07, 6.45) is 4.75. The lowest BCUT2D eigenvalue weighted by Gasteiger charge is -2.34. The Labute approximate surface area is 221 Å². The van der Waals surface area contributed by atoms with E-state index in [1.165, 1.54) is 12.2 Å². The Morgan fingerprint density at radius 3 is 1.68 bits per heavy atom. The zero-order valence-electron chi connectivity index (χ0n) is 21.0. The second kappa shape index (κ2) is 10.6. The van der Waals surface area contributed by atoms with Gasteiger partial charge in [0.1, 0.15) is 11.5 Å². The van der Waals surface area contributed by atoms with Crippen LogP contribution in [0.1, 0.15) is 19.8 Å². The van der Waals surface area contributed by atoms with Crippen molar-refractivity contribution in [2.24, 2.45) is 0 Å². The van der Waals surface area contributed by atoms with Gasteiger partial charge in [0.05, 0.1) is 11.1 Å². The molecule has 6 heteroatoms. The molecule has 0 radical (unpaired) electrons. The minimum atomic E-state index is -0.530. The molecule has 0 fully saturated rings. The van der Waals surface area contributed by atoms with Gasteiger partial charge in [-0.1, -0.05) is 67.9 Å². The Balaban J connectivity index is 1.55. The molecule has 0 atom stereocenters. The molecular weight excluding hydrogens is 476 g/mol. The Hall–Kier alpha value is -4.84. The zero-order valence-corrected chi connectivity index (χ0v) is 21.0. The van der Waals surface area contributed by atoms with Crippen molar-refractivity contribution in [2.75, 3.05) is 16.3 Å². The molecule has 2 aliphatic rings. The van der Waals surface area contributed by atoms with E-state index in [1.54, 1.807) is 4.90 Å². The van der Waals surface area contributed by atoms with Crippen molar-refractivity contribution in [2.45, 2.75) is 19.8 Å². The maximum Gasteiger partial charge on any atom is 0.218 e. The van der Waals surface area contributed by atoms with Gasteiger partial charge in [-0.2, -0.15) is 0 Å². The third kappa shape index (κ3) is 4.52. The summed E-state index contributed by atoms with van der Waals surface area (Å²) < 4.78 is 0. The third-order valence-corrected chi connectivity index (χ3v) is 6.59. The highest BCUT2D eigenvalue weighted by atomic mass is 16.3. The van der Waals surface area contributed by atoms with Crippen molar-refractivity contribution < 1.29 is 19.8 Å². The molecular formula is C32H28N2O4. The van der Waals surface area contributed by atoms with Crippen LogP contribution in [-0.2, 0) is 9.59 Å². The number of unbranched alkanes of at least 4 members (excludes halogenated alkanes) is 1. The molecule has 0 unspecified atom stereocenters. The molecule has 0 spiro atoms. The number of carbonyl (C=O) groups is 2. The van der Waals surface area contributed by atoms with Gasteiger partial charge in [0, 0.05) is 41.5 Å². The first-order chi connectivity index (χ1) is 18.5. The smallest absolute Gasteiger partial charge is 0.218 e. The van der Waals surface area contributed by atoms with Crippen LogP contribution in [0.15, 0.2) is 137 Å². The molecule has 0 aliphatic heterocycles. The normalized spacial score (nSPS) is 17.1. The number of aliphatic hydroxyl groups excluding tert-OH is 2. The van der Waals surface area contributed by atoms with Crippen LogP contribution in [-0.4, -0.2) is 28.3 Å². The number of anilines is 3. The summed E-state index contributed by atoms with van der Waals surface area (Å²) in [6, 6.07) is 28.1. The Morgan fingerprint density at radius 2 is 1.21 bits per heavy atom. The molecule has 38 heavy (non-hydrogen) atoms. The molecule has 0 saturated carbocycles. The quantitative estimate of drug-likeness (QED) is 0.333. The average molecular weight is 505 g/mol. The number of carbonyl (C=O) groups excluding carboxylic acids is 2. The summed E-state index contributed by atoms with van der Waals surface area (Å²) in [5, 5.41) is 22.1. The van der Waals surface area contributed by atoms with E-state index in [9.17, 15) is 19.8 Å². The Kier molecular flexibility index (Phi) is 6.96. The molecule has 3 aromatic carbocycles. The number of Topliss-reactive ketones (excluding diaryl/α,β-unsaturated/α-hetero) is 1. The predicted octanol–water partition coefficient (Wildman–Crippen LogP) is 6.69. The van der Waals surface area contributed by atoms with Gasteiger partial charge in [-0.3, -0.25) is 9.59 Å². The second-order valence-electron chi connectivity index (χ2n) is 9.09. The van der Waals surface area contributed by atoms with Gasteiger partial charge < -0.3 is 20.0 Å². The molecule has 0 aromatic heterocycles. The average Bonchev–Trinajstić information content (AvgIpc) is 2.95. The Bertz CT molecular complexity index is 1450. The minimum Gasteiger partial charge on any atom is -0.507 e. The fraction of sp³-hybridized carbons (Fsp3) is 0.125. The lowest BCUT2D eigenvalue weighted by molar-refractivity contribution is -0.115. The van der Waals surface area contributed by atoms with Gasteiger partial charge in [0.25, 0.3) is 0 Å². The first kappa shape index (κ1) is 24.8. The molecule has 0 bridgehead atoms. The number of nitrogens with zero attached hydrogens (tertiary/aromatic N) is 2. The second-order valence-corrected chi connectivity index (χ2v) is 9.09. The van der Waals surface area contributed by atoms with Gasteiger partial charge in [0.2, 0.25) is 5.78 Å². The van der Waals surface area contributed by atoms with Crippen LogP contribution in [0.4, 0.5) is 17.1 Å². The monoisotopic (exact) mass is 504 g/mol. The first-order valence-corrected chi connectivity index (χ1v) is 12.6. The van der Waals surface area contributed by atoms with Crippen molar-refractivity contribution in [1.82, 2.24) is 0 Å². The maximum atomic E-state index is 13.5. The number of ketones is 2. The van der Waals surface area contributed by atoms with E-state index >= 15 is 0 Å². The van der Waals surface area contributed by atoms with Crippen LogP contribution in [0.3, 0.4) is 0 Å². The summed E-state index contributed by atoms with van der Waals surface area (Å²) >= 11 is 0. The lowest BCUT2D eigenvalue weighted by Crippen LogP contribution is -2.36. The lowest BCUT2D eigenvalue weighted by atomic mass is 9.83. The fourth-order valence-electron chi connectivity index (χ4n) is 4.72. The maximum absolute atomic E-state index is 13.5. The molecule has 2 aliphatic carbocycles. The standard InChI is InChI=1S/C32H28N2O4/c1-2-3-19-33(22-13-7-4-8-14-22)25-20-26(35)28(27(36)21-25)29-31(37)30(32(29)38)34(23-15-9-5-10-16-23)24-17-11-6-12-18-24/h4-18,20-21,35,37H,2-3,19H2,1H3/b29-28+. The van der Waals surface area contributed by atoms with Gasteiger partial charge in [0.15, 0.2) is 11.5 Å². The Morgan fingerprint density at radius 1 is 0.684 bits per heavy atom. The SMILES string of the molecule is CCCCN(C1=CC(=O)/C(=C2/C(=O)C(N(c3ccccc3)c3ccccc3)=C2O)C(O)=C1)c1ccccc1. The van der Waals surface area contributed by atoms with Crippen LogP contribution in [0.5, 0.6) is 0 Å². The molecule has 0 amide bonds. The summed E-state index contributed by atoms with van der Waals surface area (Å²) in [4.78, 5) is 30.4. The first-order valence-electron chi connectivity index (χ1n) is 12.6. The van der Waals surface area contributed by atoms with E-state index in [2.05, 4.69) is 6.92 Å². The molecule has 3 aromatic rings. The van der Waals surface area contributed by atoms with Gasteiger partial charge in [-0.05, 0) is 42.8 Å². The molecule has 2 N–H and O–H groups in total.